The normalized spacial score (nSPS) is 11.6. The van der Waals surface area contributed by atoms with E-state index in [0.29, 0.717) is 5.82 Å². The van der Waals surface area contributed by atoms with Gasteiger partial charge in [0.15, 0.2) is 5.82 Å². The van der Waals surface area contributed by atoms with Crippen LogP contribution in [0.3, 0.4) is 0 Å². The van der Waals surface area contributed by atoms with Crippen molar-refractivity contribution in [1.82, 2.24) is 19.9 Å². The van der Waals surface area contributed by atoms with E-state index >= 15 is 0 Å². The van der Waals surface area contributed by atoms with Crippen LogP contribution in [0.25, 0.3) is 88.9 Å². The second-order valence-electron chi connectivity index (χ2n) is 11.1. The Labute approximate surface area is 258 Å². The van der Waals surface area contributed by atoms with Crippen molar-refractivity contribution in [3.05, 3.63) is 146 Å². The highest BCUT2D eigenvalue weighted by Crippen LogP contribution is 2.41. The number of aromatic nitrogens is 4. The van der Waals surface area contributed by atoms with Crippen LogP contribution in [0.1, 0.15) is 0 Å². The molecule has 0 saturated heterocycles. The summed E-state index contributed by atoms with van der Waals surface area (Å²) in [6, 6.07) is 47.2. The molecule has 0 aliphatic carbocycles. The van der Waals surface area contributed by atoms with Gasteiger partial charge in [-0.3, -0.25) is 4.98 Å². The molecule has 4 aromatic heterocycles. The van der Waals surface area contributed by atoms with Crippen molar-refractivity contribution in [3.63, 3.8) is 0 Å². The van der Waals surface area contributed by atoms with E-state index in [1.165, 1.54) is 0 Å². The second kappa shape index (κ2) is 10.2. The predicted octanol–water partition coefficient (Wildman–Crippen LogP) is 10.1. The smallest absolute Gasteiger partial charge is 0.160 e. The van der Waals surface area contributed by atoms with Crippen LogP contribution in [0.2, 0.25) is 0 Å². The first-order valence-corrected chi connectivity index (χ1v) is 14.9. The maximum Gasteiger partial charge on any atom is 0.160 e. The Hall–Kier alpha value is -6.20. The predicted molar refractivity (Wildman–Crippen MR) is 182 cm³/mol. The van der Waals surface area contributed by atoms with Crippen molar-refractivity contribution in [3.8, 4) is 45.3 Å². The van der Waals surface area contributed by atoms with E-state index in [4.69, 9.17) is 19.4 Å². The lowest BCUT2D eigenvalue weighted by atomic mass is 9.95. The lowest BCUT2D eigenvalue weighted by molar-refractivity contribution is 0.669. The number of rotatable bonds is 4. The van der Waals surface area contributed by atoms with Gasteiger partial charge in [0.05, 0.1) is 28.3 Å². The Morgan fingerprint density at radius 1 is 0.422 bits per heavy atom. The van der Waals surface area contributed by atoms with Gasteiger partial charge in [-0.25, -0.2) is 15.0 Å². The molecule has 0 amide bonds. The van der Waals surface area contributed by atoms with Gasteiger partial charge in [-0.15, -0.1) is 0 Å². The number of benzene rings is 5. The van der Waals surface area contributed by atoms with E-state index < -0.39 is 0 Å². The Morgan fingerprint density at radius 3 is 2.00 bits per heavy atom. The Morgan fingerprint density at radius 2 is 1.16 bits per heavy atom. The van der Waals surface area contributed by atoms with Crippen molar-refractivity contribution in [2.75, 3.05) is 0 Å². The molecule has 9 aromatic rings. The minimum absolute atomic E-state index is 0.663. The molecule has 0 unspecified atom stereocenters. The first-order valence-electron chi connectivity index (χ1n) is 14.9. The Bertz CT molecular complexity index is 2460. The minimum atomic E-state index is 0.663. The number of para-hydroxylation sites is 2. The molecule has 0 atom stereocenters. The molecule has 0 fully saturated rings. The maximum absolute atomic E-state index is 6.27. The summed E-state index contributed by atoms with van der Waals surface area (Å²) in [7, 11) is 0. The maximum atomic E-state index is 6.27. The van der Waals surface area contributed by atoms with Gasteiger partial charge < -0.3 is 4.42 Å². The molecule has 9 rings (SSSR count). The Kier molecular flexibility index (Phi) is 5.74. The summed E-state index contributed by atoms with van der Waals surface area (Å²) in [5.41, 5.74) is 9.04. The van der Waals surface area contributed by atoms with E-state index in [1.54, 1.807) is 6.20 Å². The SMILES string of the molecule is c1ccc(-c2nc(-c3ccc(-c4nc5ccccc5c5c4ccc4oc6ccccc6c45)cc3)cc(-c3ccccn3)n2)cc1. The van der Waals surface area contributed by atoms with E-state index in [-0.39, 0.29) is 0 Å². The minimum Gasteiger partial charge on any atom is -0.456 e. The molecule has 0 N–H and O–H groups in total. The number of furan rings is 1. The van der Waals surface area contributed by atoms with Crippen LogP contribution in [0.4, 0.5) is 0 Å². The number of fused-ring (bicyclic) bond motifs is 7. The molecule has 45 heavy (non-hydrogen) atoms. The zero-order valence-corrected chi connectivity index (χ0v) is 24.1. The van der Waals surface area contributed by atoms with E-state index in [2.05, 4.69) is 71.7 Å². The van der Waals surface area contributed by atoms with E-state index in [1.807, 2.05) is 72.8 Å². The van der Waals surface area contributed by atoms with Gasteiger partial charge in [-0.1, -0.05) is 97.1 Å². The molecule has 0 aliphatic rings. The summed E-state index contributed by atoms with van der Waals surface area (Å²) in [5.74, 6) is 0.663. The molecule has 0 radical (unpaired) electrons. The Balaban J connectivity index is 1.22. The number of hydrogen-bond acceptors (Lipinski definition) is 5. The monoisotopic (exact) mass is 576 g/mol. The third kappa shape index (κ3) is 4.25. The van der Waals surface area contributed by atoms with E-state index in [0.717, 1.165) is 83.1 Å². The number of hydrogen-bond donors (Lipinski definition) is 0. The highest BCUT2D eigenvalue weighted by atomic mass is 16.3. The summed E-state index contributed by atoms with van der Waals surface area (Å²) in [6.07, 6.45) is 1.79. The highest BCUT2D eigenvalue weighted by Gasteiger charge is 2.18. The molecule has 4 heterocycles. The molecular weight excluding hydrogens is 552 g/mol. The first kappa shape index (κ1) is 25.3. The number of pyridine rings is 2. The fraction of sp³-hybridized carbons (Fsp3) is 0. The summed E-state index contributed by atoms with van der Waals surface area (Å²) >= 11 is 0. The fourth-order valence-electron chi connectivity index (χ4n) is 6.23. The van der Waals surface area contributed by atoms with Crippen molar-refractivity contribution in [2.45, 2.75) is 0 Å². The van der Waals surface area contributed by atoms with Crippen molar-refractivity contribution in [2.24, 2.45) is 0 Å². The lowest BCUT2D eigenvalue weighted by Gasteiger charge is -2.12. The topological polar surface area (TPSA) is 64.7 Å². The molecule has 5 nitrogen and oxygen atoms in total. The standard InChI is InChI=1S/C40H24N4O/c1-2-10-27(11-3-1)40-43-33(24-34(44-40)32-15-8-9-23-41-32)25-17-19-26(20-18-25)39-30-21-22-36-38(29-13-5-7-16-35(29)45-36)37(30)28-12-4-6-14-31(28)42-39/h1-24H. The van der Waals surface area contributed by atoms with Crippen LogP contribution in [0.15, 0.2) is 150 Å². The molecule has 0 saturated carbocycles. The van der Waals surface area contributed by atoms with Crippen LogP contribution in [-0.4, -0.2) is 19.9 Å². The summed E-state index contributed by atoms with van der Waals surface area (Å²) in [4.78, 5) is 19.6. The molecule has 0 aliphatic heterocycles. The first-order chi connectivity index (χ1) is 22.3. The van der Waals surface area contributed by atoms with Crippen LogP contribution in [0, 0.1) is 0 Å². The molecule has 5 aromatic carbocycles. The molecular formula is C40H24N4O. The highest BCUT2D eigenvalue weighted by molar-refractivity contribution is 6.28. The van der Waals surface area contributed by atoms with Gasteiger partial charge in [-0.2, -0.15) is 0 Å². The summed E-state index contributed by atoms with van der Waals surface area (Å²) < 4.78 is 6.27. The van der Waals surface area contributed by atoms with Gasteiger partial charge in [0.2, 0.25) is 0 Å². The summed E-state index contributed by atoms with van der Waals surface area (Å²) in [5, 5.41) is 5.59. The fourth-order valence-corrected chi connectivity index (χ4v) is 6.23. The van der Waals surface area contributed by atoms with Crippen molar-refractivity contribution < 1.29 is 4.42 Å². The third-order valence-electron chi connectivity index (χ3n) is 8.34. The van der Waals surface area contributed by atoms with Crippen LogP contribution < -0.4 is 0 Å². The zero-order chi connectivity index (χ0) is 29.7. The van der Waals surface area contributed by atoms with E-state index in [9.17, 15) is 0 Å². The average molecular weight is 577 g/mol. The number of nitrogens with zero attached hydrogens (tertiary/aromatic N) is 4. The second-order valence-corrected chi connectivity index (χ2v) is 11.1. The van der Waals surface area contributed by atoms with Gasteiger partial charge in [0.25, 0.3) is 0 Å². The van der Waals surface area contributed by atoms with Gasteiger partial charge >= 0.3 is 0 Å². The van der Waals surface area contributed by atoms with Crippen molar-refractivity contribution in [1.29, 1.82) is 0 Å². The lowest BCUT2D eigenvalue weighted by Crippen LogP contribution is -1.97. The van der Waals surface area contributed by atoms with Gasteiger partial charge in [-0.05, 0) is 42.5 Å². The quantitative estimate of drug-likeness (QED) is 0.195. The molecule has 0 bridgehead atoms. The molecule has 5 heteroatoms. The van der Waals surface area contributed by atoms with Crippen LogP contribution in [0.5, 0.6) is 0 Å². The molecule has 210 valence electrons. The van der Waals surface area contributed by atoms with Gasteiger partial charge in [0.1, 0.15) is 11.2 Å². The third-order valence-corrected chi connectivity index (χ3v) is 8.34. The van der Waals surface area contributed by atoms with Crippen LogP contribution in [-0.2, 0) is 0 Å². The van der Waals surface area contributed by atoms with Crippen LogP contribution >= 0.6 is 0 Å². The largest absolute Gasteiger partial charge is 0.456 e. The summed E-state index contributed by atoms with van der Waals surface area (Å²) in [6.45, 7) is 0. The molecule has 0 spiro atoms. The van der Waals surface area contributed by atoms with Crippen molar-refractivity contribution >= 4 is 43.6 Å². The zero-order valence-electron chi connectivity index (χ0n) is 24.1. The van der Waals surface area contributed by atoms with Gasteiger partial charge in [0, 0.05) is 49.8 Å². The average Bonchev–Trinajstić information content (AvgIpc) is 3.51.